The van der Waals surface area contributed by atoms with Gasteiger partial charge < -0.3 is 20.7 Å². The number of hydrogen-bond acceptors (Lipinski definition) is 3. The maximum Gasteiger partial charge on any atom is 0.250 e. The number of hydrogen-bond donors (Lipinski definition) is 3. The number of amides is 1. The van der Waals surface area contributed by atoms with Crippen LogP contribution in [0.4, 0.5) is 4.39 Å². The molecule has 4 aromatic rings. The van der Waals surface area contributed by atoms with Crippen molar-refractivity contribution in [2.45, 2.75) is 19.4 Å². The van der Waals surface area contributed by atoms with Crippen LogP contribution >= 0.6 is 0 Å². The summed E-state index contributed by atoms with van der Waals surface area (Å²) >= 11 is 0. The largest absolute Gasteiger partial charge is 0.396 e. The van der Waals surface area contributed by atoms with Crippen molar-refractivity contribution in [1.29, 1.82) is 0 Å². The van der Waals surface area contributed by atoms with Gasteiger partial charge in [0.05, 0.1) is 11.1 Å². The second-order valence-electron chi connectivity index (χ2n) is 8.30. The van der Waals surface area contributed by atoms with E-state index in [9.17, 15) is 9.90 Å². The molecule has 0 fully saturated rings. The fraction of sp³-hybridized carbons (Fsp3) is 0.240. The van der Waals surface area contributed by atoms with Gasteiger partial charge in [-0.3, -0.25) is 4.79 Å². The van der Waals surface area contributed by atoms with Crippen LogP contribution in [0.25, 0.3) is 32.9 Å². The smallest absolute Gasteiger partial charge is 0.250 e. The minimum Gasteiger partial charge on any atom is -0.396 e. The molecule has 5 nitrogen and oxygen atoms in total. The molecule has 31 heavy (non-hydrogen) atoms. The van der Waals surface area contributed by atoms with Crippen LogP contribution in [0.2, 0.25) is 0 Å². The minimum absolute atomic E-state index is 0.0444. The molecule has 1 aliphatic rings. The lowest BCUT2D eigenvalue weighted by Gasteiger charge is -2.27. The van der Waals surface area contributed by atoms with Crippen molar-refractivity contribution >= 4 is 27.7 Å². The van der Waals surface area contributed by atoms with Crippen LogP contribution in [-0.4, -0.2) is 41.1 Å². The summed E-state index contributed by atoms with van der Waals surface area (Å²) < 4.78 is 15.6. The summed E-state index contributed by atoms with van der Waals surface area (Å²) in [7, 11) is 2.08. The molecule has 1 amide bonds. The number of carbonyl (C=O) groups is 1. The molecular formula is C25H24FN3O2. The summed E-state index contributed by atoms with van der Waals surface area (Å²) in [6, 6.07) is 13.1. The van der Waals surface area contributed by atoms with Crippen molar-refractivity contribution in [3.63, 3.8) is 0 Å². The lowest BCUT2D eigenvalue weighted by Crippen LogP contribution is -2.26. The number of aromatic nitrogens is 1. The van der Waals surface area contributed by atoms with Gasteiger partial charge in [-0.05, 0) is 54.3 Å². The van der Waals surface area contributed by atoms with E-state index in [1.807, 2.05) is 30.3 Å². The number of nitrogens with one attached hydrogen (secondary N) is 1. The van der Waals surface area contributed by atoms with Crippen molar-refractivity contribution in [2.75, 3.05) is 20.2 Å². The van der Waals surface area contributed by atoms with E-state index < -0.39 is 11.7 Å². The summed E-state index contributed by atoms with van der Waals surface area (Å²) in [5, 5.41) is 10.8. The van der Waals surface area contributed by atoms with Crippen LogP contribution in [0.3, 0.4) is 0 Å². The van der Waals surface area contributed by atoms with Gasteiger partial charge in [-0.1, -0.05) is 30.3 Å². The number of aliphatic hydroxyl groups excluding tert-OH is 1. The Bertz CT molecular complexity index is 1340. The first-order valence-electron chi connectivity index (χ1n) is 10.4. The van der Waals surface area contributed by atoms with Gasteiger partial charge in [0.1, 0.15) is 5.82 Å². The van der Waals surface area contributed by atoms with Gasteiger partial charge in [0.25, 0.3) is 5.91 Å². The maximum atomic E-state index is 15.6. The number of fused-ring (bicyclic) bond motifs is 4. The highest BCUT2D eigenvalue weighted by molar-refractivity contribution is 6.20. The number of carbonyl (C=O) groups excluding carboxylic acids is 1. The van der Waals surface area contributed by atoms with Crippen LogP contribution < -0.4 is 5.73 Å². The van der Waals surface area contributed by atoms with Gasteiger partial charge in [-0.25, -0.2) is 4.39 Å². The van der Waals surface area contributed by atoms with Gasteiger partial charge in [0.15, 0.2) is 0 Å². The molecule has 0 aliphatic carbocycles. The molecule has 0 bridgehead atoms. The first-order chi connectivity index (χ1) is 15.0. The Morgan fingerprint density at radius 2 is 2.10 bits per heavy atom. The van der Waals surface area contributed by atoms with Crippen molar-refractivity contribution in [2.24, 2.45) is 5.73 Å². The number of likely N-dealkylation sites (N-methyl/N-ethyl adjacent to an activating group) is 1. The predicted molar refractivity (Wildman–Crippen MR) is 121 cm³/mol. The van der Waals surface area contributed by atoms with Crippen LogP contribution in [0.15, 0.2) is 42.5 Å². The highest BCUT2D eigenvalue weighted by Gasteiger charge is 2.24. The van der Waals surface area contributed by atoms with Crippen molar-refractivity contribution in [1.82, 2.24) is 9.88 Å². The van der Waals surface area contributed by atoms with Crippen molar-refractivity contribution in [3.8, 4) is 11.1 Å². The number of aliphatic hydroxyl groups is 1. The Hall–Kier alpha value is -3.22. The van der Waals surface area contributed by atoms with Crippen LogP contribution in [0, 0.1) is 5.82 Å². The number of benzene rings is 3. The Labute approximate surface area is 179 Å². The molecule has 0 atom stereocenters. The number of halogens is 1. The normalized spacial score (nSPS) is 14.3. The molecular weight excluding hydrogens is 393 g/mol. The molecule has 0 saturated carbocycles. The number of nitrogens with zero attached hydrogens (tertiary/aromatic N) is 1. The van der Waals surface area contributed by atoms with E-state index in [0.29, 0.717) is 22.9 Å². The van der Waals surface area contributed by atoms with Crippen molar-refractivity contribution < 1.29 is 14.3 Å². The standard InChI is InChI=1S/C25H24FN3O2/c1-29-9-7-16-15(13-29)3-2-4-17(16)22-20(26)12-19(25(27)31)24-23(22)18-6-5-14(8-10-30)11-21(18)28-24/h2-6,11-12,28,30H,7-10,13H2,1H3,(H2,27,31). The first kappa shape index (κ1) is 19.7. The third-order valence-electron chi connectivity index (χ3n) is 6.28. The monoisotopic (exact) mass is 417 g/mol. The van der Waals surface area contributed by atoms with Crippen LogP contribution in [0.5, 0.6) is 0 Å². The zero-order chi connectivity index (χ0) is 21.7. The fourth-order valence-corrected chi connectivity index (χ4v) is 4.82. The number of aromatic amines is 1. The Balaban J connectivity index is 1.87. The molecule has 0 unspecified atom stereocenters. The molecule has 0 radical (unpaired) electrons. The fourth-order valence-electron chi connectivity index (χ4n) is 4.82. The number of rotatable bonds is 4. The predicted octanol–water partition coefficient (Wildman–Crippen LogP) is 3.75. The topological polar surface area (TPSA) is 82.3 Å². The molecule has 0 spiro atoms. The highest BCUT2D eigenvalue weighted by Crippen LogP contribution is 2.41. The van der Waals surface area contributed by atoms with Crippen molar-refractivity contribution in [3.05, 3.63) is 70.5 Å². The zero-order valence-corrected chi connectivity index (χ0v) is 17.3. The molecule has 158 valence electrons. The lowest BCUT2D eigenvalue weighted by molar-refractivity contribution is 0.100. The molecule has 0 saturated heterocycles. The third-order valence-corrected chi connectivity index (χ3v) is 6.28. The number of primary amides is 1. The second kappa shape index (κ2) is 7.48. The average molecular weight is 417 g/mol. The van der Waals surface area contributed by atoms with Crippen LogP contribution in [-0.2, 0) is 19.4 Å². The quantitative estimate of drug-likeness (QED) is 0.473. The summed E-state index contributed by atoms with van der Waals surface area (Å²) in [6.07, 6.45) is 1.36. The lowest BCUT2D eigenvalue weighted by atomic mass is 9.88. The zero-order valence-electron chi connectivity index (χ0n) is 17.3. The molecule has 4 N–H and O–H groups in total. The molecule has 1 aliphatic heterocycles. The Kier molecular flexibility index (Phi) is 4.76. The summed E-state index contributed by atoms with van der Waals surface area (Å²) in [5.74, 6) is -1.12. The SMILES string of the molecule is CN1CCc2c(cccc2-c2c(F)cc(C(N)=O)c3[nH]c4cc(CCO)ccc4c23)C1. The van der Waals surface area contributed by atoms with Gasteiger partial charge >= 0.3 is 0 Å². The molecule has 5 rings (SSSR count). The van der Waals surface area contributed by atoms with Gasteiger partial charge in [-0.15, -0.1) is 0 Å². The van der Waals surface area contributed by atoms with E-state index in [1.54, 1.807) is 0 Å². The first-order valence-corrected chi connectivity index (χ1v) is 10.4. The average Bonchev–Trinajstić information content (AvgIpc) is 3.11. The van der Waals surface area contributed by atoms with E-state index in [0.717, 1.165) is 47.1 Å². The van der Waals surface area contributed by atoms with Gasteiger partial charge in [-0.2, -0.15) is 0 Å². The summed E-state index contributed by atoms with van der Waals surface area (Å²) in [4.78, 5) is 17.7. The Morgan fingerprint density at radius 3 is 2.87 bits per heavy atom. The van der Waals surface area contributed by atoms with E-state index >= 15 is 4.39 Å². The molecule has 6 heteroatoms. The van der Waals surface area contributed by atoms with E-state index in [4.69, 9.17) is 5.73 Å². The third kappa shape index (κ3) is 3.19. The highest BCUT2D eigenvalue weighted by atomic mass is 19.1. The number of H-pyrrole nitrogens is 1. The Morgan fingerprint density at radius 1 is 1.26 bits per heavy atom. The number of nitrogens with two attached hydrogens (primary N) is 1. The van der Waals surface area contributed by atoms with Gasteiger partial charge in [0, 0.05) is 41.5 Å². The minimum atomic E-state index is -0.672. The van der Waals surface area contributed by atoms with Gasteiger partial charge in [0.2, 0.25) is 0 Å². The second-order valence-corrected chi connectivity index (χ2v) is 8.30. The maximum absolute atomic E-state index is 15.6. The summed E-state index contributed by atoms with van der Waals surface area (Å²) in [6.45, 7) is 1.78. The summed E-state index contributed by atoms with van der Waals surface area (Å²) in [5.41, 5.74) is 11.8. The van der Waals surface area contributed by atoms with E-state index in [1.165, 1.54) is 11.6 Å². The molecule has 1 aromatic heterocycles. The van der Waals surface area contributed by atoms with E-state index in [-0.39, 0.29) is 12.2 Å². The van der Waals surface area contributed by atoms with E-state index in [2.05, 4.69) is 23.0 Å². The molecule has 2 heterocycles. The molecule has 3 aromatic carbocycles. The van der Waals surface area contributed by atoms with Crippen LogP contribution in [0.1, 0.15) is 27.0 Å².